The molecule has 4 heteroatoms. The van der Waals surface area contributed by atoms with E-state index in [2.05, 4.69) is 34.5 Å². The highest BCUT2D eigenvalue weighted by molar-refractivity contribution is 5.91. The predicted octanol–water partition coefficient (Wildman–Crippen LogP) is 3.48. The molecule has 0 bridgehead atoms. The van der Waals surface area contributed by atoms with Gasteiger partial charge in [0.05, 0.1) is 6.61 Å². The fourth-order valence-corrected chi connectivity index (χ4v) is 2.90. The minimum atomic E-state index is 0.0403. The van der Waals surface area contributed by atoms with Crippen molar-refractivity contribution in [3.8, 4) is 5.75 Å². The molecule has 3 rings (SSSR count). The van der Waals surface area contributed by atoms with Gasteiger partial charge in [0.25, 0.3) is 0 Å². The lowest BCUT2D eigenvalue weighted by molar-refractivity contribution is -0.116. The van der Waals surface area contributed by atoms with E-state index in [-0.39, 0.29) is 5.91 Å². The fraction of sp³-hybridized carbons (Fsp3) is 0.316. The number of ether oxygens (including phenoxy) is 1. The van der Waals surface area contributed by atoms with Gasteiger partial charge >= 0.3 is 0 Å². The van der Waals surface area contributed by atoms with E-state index in [4.69, 9.17) is 4.74 Å². The van der Waals surface area contributed by atoms with Crippen molar-refractivity contribution in [2.24, 2.45) is 0 Å². The Morgan fingerprint density at radius 3 is 2.74 bits per heavy atom. The number of nitrogens with zero attached hydrogens (tertiary/aromatic N) is 1. The topological polar surface area (TPSA) is 41.6 Å². The number of hydrogen-bond acceptors (Lipinski definition) is 3. The van der Waals surface area contributed by atoms with E-state index < -0.39 is 0 Å². The first-order valence-corrected chi connectivity index (χ1v) is 8.12. The van der Waals surface area contributed by atoms with Gasteiger partial charge in [-0.1, -0.05) is 18.2 Å². The molecule has 1 heterocycles. The van der Waals surface area contributed by atoms with E-state index >= 15 is 0 Å². The van der Waals surface area contributed by atoms with Crippen LogP contribution >= 0.6 is 0 Å². The summed E-state index contributed by atoms with van der Waals surface area (Å²) in [6, 6.07) is 15.9. The van der Waals surface area contributed by atoms with E-state index in [0.29, 0.717) is 13.0 Å². The van der Waals surface area contributed by atoms with Crippen LogP contribution in [0.4, 0.5) is 11.4 Å². The molecule has 0 saturated heterocycles. The van der Waals surface area contributed by atoms with Crippen molar-refractivity contribution in [1.29, 1.82) is 0 Å². The summed E-state index contributed by atoms with van der Waals surface area (Å²) in [7, 11) is 0. The minimum absolute atomic E-state index is 0.0403. The molecule has 0 atom stereocenters. The van der Waals surface area contributed by atoms with Crippen LogP contribution in [0.15, 0.2) is 48.5 Å². The van der Waals surface area contributed by atoms with Gasteiger partial charge in [-0.2, -0.15) is 0 Å². The highest BCUT2D eigenvalue weighted by Crippen LogP contribution is 2.27. The summed E-state index contributed by atoms with van der Waals surface area (Å²) < 4.78 is 5.39. The molecule has 120 valence electrons. The second-order valence-electron chi connectivity index (χ2n) is 5.62. The lowest BCUT2D eigenvalue weighted by atomic mass is 10.2. The van der Waals surface area contributed by atoms with Gasteiger partial charge in [0.2, 0.25) is 5.91 Å². The molecule has 0 fully saturated rings. The summed E-state index contributed by atoms with van der Waals surface area (Å²) in [5.74, 6) is 0.859. The fourth-order valence-electron chi connectivity index (χ4n) is 2.90. The highest BCUT2D eigenvalue weighted by atomic mass is 16.5. The number of carbonyl (C=O) groups excluding carboxylic acids is 1. The summed E-state index contributed by atoms with van der Waals surface area (Å²) >= 11 is 0. The van der Waals surface area contributed by atoms with Crippen LogP contribution in [0.5, 0.6) is 5.75 Å². The van der Waals surface area contributed by atoms with Crippen LogP contribution in [0, 0.1) is 0 Å². The maximum atomic E-state index is 12.1. The van der Waals surface area contributed by atoms with Crippen molar-refractivity contribution in [3.05, 3.63) is 54.1 Å². The largest absolute Gasteiger partial charge is 0.494 e. The molecule has 2 aromatic rings. The molecule has 1 aliphatic heterocycles. The third-order valence-corrected chi connectivity index (χ3v) is 4.04. The molecule has 23 heavy (non-hydrogen) atoms. The summed E-state index contributed by atoms with van der Waals surface area (Å²) in [4.78, 5) is 14.4. The normalized spacial score (nSPS) is 12.8. The Bertz CT molecular complexity index is 667. The van der Waals surface area contributed by atoms with Gasteiger partial charge in [-0.15, -0.1) is 0 Å². The van der Waals surface area contributed by atoms with Crippen LogP contribution < -0.4 is 15.0 Å². The molecule has 0 aliphatic carbocycles. The maximum absolute atomic E-state index is 12.1. The van der Waals surface area contributed by atoms with Crippen LogP contribution in [0.1, 0.15) is 18.9 Å². The number of amides is 1. The molecule has 0 saturated carbocycles. The number of para-hydroxylation sites is 1. The van der Waals surface area contributed by atoms with Gasteiger partial charge < -0.3 is 15.0 Å². The molecule has 0 aromatic heterocycles. The number of benzene rings is 2. The number of hydrogen-bond donors (Lipinski definition) is 1. The number of carbonyl (C=O) groups is 1. The van der Waals surface area contributed by atoms with E-state index in [9.17, 15) is 4.79 Å². The molecular weight excluding hydrogens is 288 g/mol. The Morgan fingerprint density at radius 1 is 1.17 bits per heavy atom. The van der Waals surface area contributed by atoms with Crippen LogP contribution in [0.3, 0.4) is 0 Å². The van der Waals surface area contributed by atoms with Gasteiger partial charge in [0.15, 0.2) is 0 Å². The summed E-state index contributed by atoms with van der Waals surface area (Å²) in [5, 5.41) is 2.94. The first-order chi connectivity index (χ1) is 11.3. The first-order valence-electron chi connectivity index (χ1n) is 8.12. The second-order valence-corrected chi connectivity index (χ2v) is 5.62. The van der Waals surface area contributed by atoms with E-state index in [0.717, 1.165) is 30.9 Å². The predicted molar refractivity (Wildman–Crippen MR) is 93.2 cm³/mol. The van der Waals surface area contributed by atoms with Crippen molar-refractivity contribution >= 4 is 17.3 Å². The number of fused-ring (bicyclic) bond motifs is 1. The van der Waals surface area contributed by atoms with Gasteiger partial charge in [-0.3, -0.25) is 4.79 Å². The van der Waals surface area contributed by atoms with E-state index in [1.165, 1.54) is 11.3 Å². The third kappa shape index (κ3) is 3.83. The Balaban J connectivity index is 1.50. The third-order valence-electron chi connectivity index (χ3n) is 4.04. The molecule has 1 aliphatic rings. The molecule has 0 unspecified atom stereocenters. The molecule has 0 radical (unpaired) electrons. The van der Waals surface area contributed by atoms with Gasteiger partial charge in [0, 0.05) is 30.9 Å². The minimum Gasteiger partial charge on any atom is -0.494 e. The average Bonchev–Trinajstić information content (AvgIpc) is 2.98. The first kappa shape index (κ1) is 15.4. The second kappa shape index (κ2) is 7.18. The summed E-state index contributed by atoms with van der Waals surface area (Å²) in [6.07, 6.45) is 1.55. The quantitative estimate of drug-likeness (QED) is 0.888. The monoisotopic (exact) mass is 310 g/mol. The Kier molecular flexibility index (Phi) is 4.81. The van der Waals surface area contributed by atoms with Crippen molar-refractivity contribution < 1.29 is 9.53 Å². The Labute approximate surface area is 137 Å². The van der Waals surface area contributed by atoms with Gasteiger partial charge in [-0.25, -0.2) is 0 Å². The van der Waals surface area contributed by atoms with Crippen LogP contribution in [-0.2, 0) is 11.2 Å². The Hall–Kier alpha value is -2.49. The summed E-state index contributed by atoms with van der Waals surface area (Å²) in [6.45, 7) is 4.34. The zero-order valence-corrected chi connectivity index (χ0v) is 13.4. The van der Waals surface area contributed by atoms with Crippen LogP contribution in [-0.4, -0.2) is 25.6 Å². The van der Waals surface area contributed by atoms with Gasteiger partial charge in [0.1, 0.15) is 5.75 Å². The van der Waals surface area contributed by atoms with Crippen molar-refractivity contribution in [1.82, 2.24) is 0 Å². The molecule has 2 aromatic carbocycles. The molecule has 0 spiro atoms. The zero-order valence-electron chi connectivity index (χ0n) is 13.4. The lowest BCUT2D eigenvalue weighted by Gasteiger charge is -2.19. The van der Waals surface area contributed by atoms with Crippen molar-refractivity contribution in [2.45, 2.75) is 19.8 Å². The molecule has 4 nitrogen and oxygen atoms in total. The number of nitrogens with one attached hydrogen (secondary N) is 1. The molecule has 1 amide bonds. The van der Waals surface area contributed by atoms with E-state index in [1.807, 2.05) is 31.2 Å². The highest BCUT2D eigenvalue weighted by Gasteiger charge is 2.18. The zero-order chi connectivity index (χ0) is 16.1. The molecular formula is C19H22N2O2. The van der Waals surface area contributed by atoms with Gasteiger partial charge in [-0.05, 0) is 49.2 Å². The van der Waals surface area contributed by atoms with Crippen molar-refractivity contribution in [3.63, 3.8) is 0 Å². The summed E-state index contributed by atoms with van der Waals surface area (Å²) in [5.41, 5.74) is 3.45. The van der Waals surface area contributed by atoms with Crippen molar-refractivity contribution in [2.75, 3.05) is 29.9 Å². The maximum Gasteiger partial charge on any atom is 0.226 e. The number of anilines is 2. The molecule has 1 N–H and O–H groups in total. The standard InChI is InChI=1S/C19H22N2O2/c1-2-23-17-9-7-16(8-10-17)20-19(22)12-14-21-13-11-15-5-3-4-6-18(15)21/h3-10H,2,11-14H2,1H3,(H,20,22). The SMILES string of the molecule is CCOc1ccc(NC(=O)CCN2CCc3ccccc32)cc1. The number of rotatable bonds is 6. The average molecular weight is 310 g/mol. The smallest absolute Gasteiger partial charge is 0.226 e. The van der Waals surface area contributed by atoms with Crippen LogP contribution in [0.2, 0.25) is 0 Å². The van der Waals surface area contributed by atoms with Crippen LogP contribution in [0.25, 0.3) is 0 Å². The Morgan fingerprint density at radius 2 is 1.96 bits per heavy atom. The lowest BCUT2D eigenvalue weighted by Crippen LogP contribution is -2.26. The van der Waals surface area contributed by atoms with E-state index in [1.54, 1.807) is 0 Å².